The molecule has 0 fully saturated rings. The van der Waals surface area contributed by atoms with Gasteiger partial charge in [0.25, 0.3) is 35.4 Å². The second kappa shape index (κ2) is 24.2. The van der Waals surface area contributed by atoms with Crippen LogP contribution in [-0.4, -0.2) is 114 Å². The maximum atomic E-state index is 13.7. The standard InChI is InChI=1S/C33H47N21O8/c34-17(18(35)55)46-24(57)19(51-30(36)37)48-26(59)21(53-32(40)41)50-27(60)22(54-33(42)43)49-25(58)20(52-31(38)39)47-23(56)16(15-11-5-2-6-12-15)45-29(62)28(61)44-13-7-10-14-8-3-1-4-9-14/h1-13,16-17,19-22,28,61H,34H2,(H2,35,55)(H,45,62)(H,46,57)(H,47,56)(H,48,59)(H,49,58)(H,50,60)(H4,36,37,51)(H4,38,39,52)(H4,40,41,53)(H4,42,43,54). The summed E-state index contributed by atoms with van der Waals surface area (Å²) in [6.07, 6.45) is -7.90. The minimum atomic E-state index is -2.18. The predicted octanol–water partition coefficient (Wildman–Crippen LogP) is -9.30. The highest BCUT2D eigenvalue weighted by atomic mass is 16.3. The van der Waals surface area contributed by atoms with Crippen LogP contribution in [0.4, 0.5) is 0 Å². The predicted molar refractivity (Wildman–Crippen MR) is 224 cm³/mol. The van der Waals surface area contributed by atoms with Crippen molar-refractivity contribution >= 4 is 77.5 Å². The van der Waals surface area contributed by atoms with E-state index in [2.05, 4.69) is 35.6 Å². The molecule has 0 radical (unpaired) electrons. The Labute approximate surface area is 351 Å². The number of nitrogens with two attached hydrogens (primary N) is 10. The minimum absolute atomic E-state index is 0.152. The number of hydrogen-bond acceptors (Lipinski definition) is 14. The Kier molecular flexibility index (Phi) is 19.2. The molecule has 0 aliphatic heterocycles. The number of carbonyl (C=O) groups is 7. The van der Waals surface area contributed by atoms with Crippen LogP contribution >= 0.6 is 0 Å². The highest BCUT2D eigenvalue weighted by Crippen LogP contribution is 2.14. The molecule has 2 aromatic rings. The summed E-state index contributed by atoms with van der Waals surface area (Å²) in [6, 6.07) is 14.9. The Morgan fingerprint density at radius 1 is 0.500 bits per heavy atom. The fourth-order valence-corrected chi connectivity index (χ4v) is 4.46. The van der Waals surface area contributed by atoms with E-state index in [1.807, 2.05) is 39.5 Å². The van der Waals surface area contributed by atoms with E-state index in [9.17, 15) is 38.7 Å². The number of nitrogens with zero attached hydrogens (tertiary/aromatic N) is 5. The molecule has 7 amide bonds. The lowest BCUT2D eigenvalue weighted by Crippen LogP contribution is -2.60. The highest BCUT2D eigenvalue weighted by Gasteiger charge is 2.34. The number of aliphatic hydroxyl groups excluding tert-OH is 1. The first-order valence-corrected chi connectivity index (χ1v) is 17.4. The van der Waals surface area contributed by atoms with E-state index in [4.69, 9.17) is 57.3 Å². The van der Waals surface area contributed by atoms with Gasteiger partial charge in [-0.25, -0.2) is 20.0 Å². The zero-order chi connectivity index (χ0) is 46.5. The molecule has 0 spiro atoms. The van der Waals surface area contributed by atoms with E-state index in [1.54, 1.807) is 24.3 Å². The van der Waals surface area contributed by atoms with Crippen LogP contribution < -0.4 is 89.2 Å². The van der Waals surface area contributed by atoms with Gasteiger partial charge in [0.05, 0.1) is 0 Å². The molecule has 7 atom stereocenters. The van der Waals surface area contributed by atoms with Gasteiger partial charge in [0, 0.05) is 6.21 Å². The van der Waals surface area contributed by atoms with Crippen LogP contribution in [0.1, 0.15) is 17.2 Å². The molecule has 29 nitrogen and oxygen atoms in total. The van der Waals surface area contributed by atoms with E-state index < -0.39 is 108 Å². The molecule has 0 aliphatic carbocycles. The summed E-state index contributed by atoms with van der Waals surface area (Å²) in [7, 11) is 0. The van der Waals surface area contributed by atoms with Crippen molar-refractivity contribution in [3.63, 3.8) is 0 Å². The molecular formula is C33H47N21O8. The van der Waals surface area contributed by atoms with Gasteiger partial charge in [-0.05, 0) is 17.2 Å². The van der Waals surface area contributed by atoms with E-state index in [0.717, 1.165) is 11.8 Å². The topological polar surface area (TPSA) is 534 Å². The summed E-state index contributed by atoms with van der Waals surface area (Å²) in [5.41, 5.74) is 54.9. The number of allylic oxidation sites excluding steroid dienone is 1. The number of nitrogens with one attached hydrogen (secondary N) is 6. The number of benzene rings is 2. The second-order valence-electron chi connectivity index (χ2n) is 12.0. The van der Waals surface area contributed by atoms with Gasteiger partial charge in [0.2, 0.25) is 36.8 Å². The van der Waals surface area contributed by atoms with E-state index in [1.165, 1.54) is 30.3 Å². The molecule has 332 valence electrons. The molecule has 2 rings (SSSR count). The van der Waals surface area contributed by atoms with Crippen LogP contribution in [0.5, 0.6) is 0 Å². The fourth-order valence-electron chi connectivity index (χ4n) is 4.46. The number of carbonyl (C=O) groups excluding carboxylic acids is 7. The Morgan fingerprint density at radius 3 is 1.26 bits per heavy atom. The summed E-state index contributed by atoms with van der Waals surface area (Å²) in [6.45, 7) is 0. The lowest BCUT2D eigenvalue weighted by atomic mass is 10.1. The van der Waals surface area contributed by atoms with Crippen molar-refractivity contribution in [3.05, 3.63) is 77.9 Å². The summed E-state index contributed by atoms with van der Waals surface area (Å²) < 4.78 is 0. The van der Waals surface area contributed by atoms with Crippen molar-refractivity contribution in [1.29, 1.82) is 0 Å². The smallest absolute Gasteiger partial charge is 0.272 e. The Hall–Kier alpha value is -8.86. The van der Waals surface area contributed by atoms with Gasteiger partial charge in [0.1, 0.15) is 6.04 Å². The number of guanidine groups is 4. The molecule has 0 bridgehead atoms. The molecule has 0 heterocycles. The first-order valence-electron chi connectivity index (χ1n) is 17.4. The van der Waals surface area contributed by atoms with E-state index in [0.29, 0.717) is 0 Å². The molecule has 0 aliphatic rings. The molecule has 27 N–H and O–H groups in total. The molecule has 0 aromatic heterocycles. The summed E-state index contributed by atoms with van der Waals surface area (Å²) in [5, 5.41) is 22.9. The highest BCUT2D eigenvalue weighted by molar-refractivity contribution is 5.99. The summed E-state index contributed by atoms with van der Waals surface area (Å²) in [5.74, 6) is -12.0. The monoisotopic (exact) mass is 865 g/mol. The summed E-state index contributed by atoms with van der Waals surface area (Å²) >= 11 is 0. The average molecular weight is 866 g/mol. The SMILES string of the molecule is NC(=O)C(N)NC(=O)C(N=C(N)N)NC(=O)C(N=C(N)N)NC(=O)C(N=C(N)N)NC(=O)C(N=C(N)N)NC(=O)C(NC(=O)C(O)N=CC=Cc1ccccc1)c1ccccc1. The van der Waals surface area contributed by atoms with E-state index in [-0.39, 0.29) is 5.56 Å². The molecule has 29 heteroatoms. The third kappa shape index (κ3) is 17.3. The van der Waals surface area contributed by atoms with Crippen LogP contribution in [0, 0.1) is 0 Å². The van der Waals surface area contributed by atoms with Crippen molar-refractivity contribution in [2.75, 3.05) is 0 Å². The van der Waals surface area contributed by atoms with Crippen molar-refractivity contribution < 1.29 is 38.7 Å². The van der Waals surface area contributed by atoms with Gasteiger partial charge in [-0.15, -0.1) is 0 Å². The fraction of sp³-hybridized carbons (Fsp3) is 0.212. The molecule has 7 unspecified atom stereocenters. The second-order valence-corrected chi connectivity index (χ2v) is 12.0. The van der Waals surface area contributed by atoms with Crippen LogP contribution in [0.15, 0.2) is 91.7 Å². The molecule has 2 aromatic carbocycles. The van der Waals surface area contributed by atoms with Gasteiger partial charge in [-0.1, -0.05) is 66.7 Å². The Bertz CT molecular complexity index is 2100. The lowest BCUT2D eigenvalue weighted by Gasteiger charge is -2.24. The molecular weight excluding hydrogens is 819 g/mol. The largest absolute Gasteiger partial charge is 0.370 e. The Morgan fingerprint density at radius 2 is 0.871 bits per heavy atom. The van der Waals surface area contributed by atoms with Crippen molar-refractivity contribution in [3.8, 4) is 0 Å². The minimum Gasteiger partial charge on any atom is -0.370 e. The van der Waals surface area contributed by atoms with Gasteiger partial charge in [0.15, 0.2) is 30.0 Å². The number of aliphatic imine (C=N–C) groups is 5. The molecule has 0 saturated heterocycles. The van der Waals surface area contributed by atoms with Gasteiger partial charge < -0.3 is 94.3 Å². The van der Waals surface area contributed by atoms with Crippen LogP contribution in [0.3, 0.4) is 0 Å². The molecule has 0 saturated carbocycles. The van der Waals surface area contributed by atoms with Crippen LogP contribution in [0.2, 0.25) is 0 Å². The number of amides is 7. The number of primary amides is 1. The first-order chi connectivity index (χ1) is 29.2. The average Bonchev–Trinajstić information content (AvgIpc) is 3.20. The third-order valence-corrected chi connectivity index (χ3v) is 7.14. The maximum absolute atomic E-state index is 13.7. The van der Waals surface area contributed by atoms with Crippen molar-refractivity contribution in [2.45, 2.75) is 43.1 Å². The zero-order valence-electron chi connectivity index (χ0n) is 32.4. The number of aliphatic hydroxyl groups is 1. The quantitative estimate of drug-likeness (QED) is 0.0315. The zero-order valence-corrected chi connectivity index (χ0v) is 32.4. The van der Waals surface area contributed by atoms with Gasteiger partial charge in [-0.2, -0.15) is 0 Å². The maximum Gasteiger partial charge on any atom is 0.272 e. The molecule has 62 heavy (non-hydrogen) atoms. The van der Waals surface area contributed by atoms with Crippen molar-refractivity contribution in [2.24, 2.45) is 82.3 Å². The summed E-state index contributed by atoms with van der Waals surface area (Å²) in [4.78, 5) is 109. The van der Waals surface area contributed by atoms with Crippen molar-refractivity contribution in [1.82, 2.24) is 31.9 Å². The number of hydrogen-bond donors (Lipinski definition) is 17. The number of rotatable bonds is 21. The normalized spacial score (nSPS) is 14.1. The lowest BCUT2D eigenvalue weighted by molar-refractivity contribution is -0.136. The van der Waals surface area contributed by atoms with Crippen LogP contribution in [0.25, 0.3) is 6.08 Å². The van der Waals surface area contributed by atoms with E-state index >= 15 is 0 Å². The van der Waals surface area contributed by atoms with Gasteiger partial charge >= 0.3 is 0 Å². The first kappa shape index (κ1) is 49.3. The third-order valence-electron chi connectivity index (χ3n) is 7.14. The Balaban J connectivity index is 2.36. The van der Waals surface area contributed by atoms with Gasteiger partial charge in [-0.3, -0.25) is 38.6 Å². The van der Waals surface area contributed by atoms with Crippen LogP contribution in [-0.2, 0) is 33.6 Å².